The molecular formula is C17H25NO2. The van der Waals surface area contributed by atoms with Gasteiger partial charge in [0.05, 0.1) is 12.0 Å². The molecule has 20 heavy (non-hydrogen) atoms. The van der Waals surface area contributed by atoms with Crippen molar-refractivity contribution in [2.75, 3.05) is 6.54 Å². The van der Waals surface area contributed by atoms with Crippen molar-refractivity contribution in [2.45, 2.75) is 51.6 Å². The van der Waals surface area contributed by atoms with Gasteiger partial charge in [0.25, 0.3) is 0 Å². The number of benzene rings is 1. The zero-order valence-corrected chi connectivity index (χ0v) is 12.5. The molecule has 1 fully saturated rings. The largest absolute Gasteiger partial charge is 0.388 e. The van der Waals surface area contributed by atoms with Crippen LogP contribution in [0.3, 0.4) is 0 Å². The third-order valence-electron chi connectivity index (χ3n) is 4.30. The van der Waals surface area contributed by atoms with E-state index in [0.717, 1.165) is 31.2 Å². The van der Waals surface area contributed by atoms with E-state index < -0.39 is 5.60 Å². The number of amides is 1. The van der Waals surface area contributed by atoms with Crippen molar-refractivity contribution in [1.29, 1.82) is 0 Å². The maximum absolute atomic E-state index is 11.9. The van der Waals surface area contributed by atoms with E-state index in [9.17, 15) is 9.90 Å². The molecule has 1 aliphatic carbocycles. The summed E-state index contributed by atoms with van der Waals surface area (Å²) in [6.07, 6.45) is 4.05. The summed E-state index contributed by atoms with van der Waals surface area (Å²) >= 11 is 0. The number of carbonyl (C=O) groups is 1. The summed E-state index contributed by atoms with van der Waals surface area (Å²) in [4.78, 5) is 11.9. The second kappa shape index (κ2) is 6.40. The van der Waals surface area contributed by atoms with E-state index >= 15 is 0 Å². The summed E-state index contributed by atoms with van der Waals surface area (Å²) in [5.74, 6) is 0.680. The van der Waals surface area contributed by atoms with Crippen LogP contribution in [0.25, 0.3) is 0 Å². The molecule has 0 atom stereocenters. The summed E-state index contributed by atoms with van der Waals surface area (Å²) in [5, 5.41) is 13.3. The summed E-state index contributed by atoms with van der Waals surface area (Å²) in [6.45, 7) is 4.63. The van der Waals surface area contributed by atoms with Crippen LogP contribution in [-0.4, -0.2) is 23.2 Å². The first-order chi connectivity index (χ1) is 9.47. The molecule has 0 unspecified atom stereocenters. The van der Waals surface area contributed by atoms with Crippen LogP contribution in [0.4, 0.5) is 0 Å². The number of hydrogen-bond donors (Lipinski definition) is 2. The molecule has 3 nitrogen and oxygen atoms in total. The van der Waals surface area contributed by atoms with Crippen molar-refractivity contribution < 1.29 is 9.90 Å². The molecule has 3 heteroatoms. The van der Waals surface area contributed by atoms with Crippen molar-refractivity contribution in [3.05, 3.63) is 35.4 Å². The van der Waals surface area contributed by atoms with Crippen LogP contribution in [0.15, 0.2) is 24.3 Å². The van der Waals surface area contributed by atoms with E-state index in [1.54, 1.807) is 0 Å². The molecule has 110 valence electrons. The Labute approximate surface area is 121 Å². The summed E-state index contributed by atoms with van der Waals surface area (Å²) < 4.78 is 0. The number of rotatable bonds is 4. The van der Waals surface area contributed by atoms with Gasteiger partial charge in [-0.05, 0) is 44.1 Å². The standard InChI is InChI=1S/C17H25NO2/c1-13-3-5-15(6-4-13)11-16(19)18-12-17(20)9-7-14(2)8-10-17/h3-6,14,20H,7-12H2,1-2H3,(H,18,19). The molecular weight excluding hydrogens is 250 g/mol. The Balaban J connectivity index is 1.79. The first-order valence-corrected chi connectivity index (χ1v) is 7.51. The fourth-order valence-corrected chi connectivity index (χ4v) is 2.69. The van der Waals surface area contributed by atoms with Gasteiger partial charge < -0.3 is 10.4 Å². The smallest absolute Gasteiger partial charge is 0.224 e. The highest BCUT2D eigenvalue weighted by molar-refractivity contribution is 5.78. The highest BCUT2D eigenvalue weighted by atomic mass is 16.3. The predicted octanol–water partition coefficient (Wildman–Crippen LogP) is 2.59. The average Bonchev–Trinajstić information content (AvgIpc) is 2.43. The van der Waals surface area contributed by atoms with Crippen LogP contribution in [0, 0.1) is 12.8 Å². The van der Waals surface area contributed by atoms with Crippen molar-refractivity contribution in [2.24, 2.45) is 5.92 Å². The minimum atomic E-state index is -0.699. The van der Waals surface area contributed by atoms with E-state index in [1.165, 1.54) is 5.56 Å². The molecule has 1 aliphatic rings. The first-order valence-electron chi connectivity index (χ1n) is 7.51. The maximum Gasteiger partial charge on any atom is 0.224 e. The second-order valence-corrected chi connectivity index (χ2v) is 6.35. The van der Waals surface area contributed by atoms with Crippen LogP contribution < -0.4 is 5.32 Å². The summed E-state index contributed by atoms with van der Waals surface area (Å²) in [5.41, 5.74) is 1.51. The van der Waals surface area contributed by atoms with E-state index in [-0.39, 0.29) is 5.91 Å². The number of carbonyl (C=O) groups excluding carboxylic acids is 1. The van der Waals surface area contributed by atoms with Crippen molar-refractivity contribution in [3.8, 4) is 0 Å². The summed E-state index contributed by atoms with van der Waals surface area (Å²) in [7, 11) is 0. The molecule has 1 amide bonds. The molecule has 0 radical (unpaired) electrons. The monoisotopic (exact) mass is 275 g/mol. The van der Waals surface area contributed by atoms with Gasteiger partial charge in [0.15, 0.2) is 0 Å². The Morgan fingerprint density at radius 2 is 1.90 bits per heavy atom. The zero-order valence-electron chi connectivity index (χ0n) is 12.5. The minimum absolute atomic E-state index is 0.0131. The number of aliphatic hydroxyl groups is 1. The van der Waals surface area contributed by atoms with Gasteiger partial charge in [-0.1, -0.05) is 36.8 Å². The SMILES string of the molecule is Cc1ccc(CC(=O)NCC2(O)CCC(C)CC2)cc1. The van der Waals surface area contributed by atoms with E-state index in [2.05, 4.69) is 12.2 Å². The predicted molar refractivity (Wildman–Crippen MR) is 80.5 cm³/mol. The fraction of sp³-hybridized carbons (Fsp3) is 0.588. The van der Waals surface area contributed by atoms with Gasteiger partial charge in [-0.2, -0.15) is 0 Å². The number of hydrogen-bond acceptors (Lipinski definition) is 2. The molecule has 1 aromatic carbocycles. The lowest BCUT2D eigenvalue weighted by atomic mass is 9.79. The topological polar surface area (TPSA) is 49.3 Å². The lowest BCUT2D eigenvalue weighted by Crippen LogP contribution is -2.45. The van der Waals surface area contributed by atoms with Crippen molar-refractivity contribution in [3.63, 3.8) is 0 Å². The van der Waals surface area contributed by atoms with Crippen LogP contribution >= 0.6 is 0 Å². The van der Waals surface area contributed by atoms with E-state index in [1.807, 2.05) is 31.2 Å². The van der Waals surface area contributed by atoms with Gasteiger partial charge in [-0.15, -0.1) is 0 Å². The van der Waals surface area contributed by atoms with E-state index in [0.29, 0.717) is 18.9 Å². The van der Waals surface area contributed by atoms with Gasteiger partial charge in [-0.25, -0.2) is 0 Å². The van der Waals surface area contributed by atoms with E-state index in [4.69, 9.17) is 0 Å². The lowest BCUT2D eigenvalue weighted by Gasteiger charge is -2.34. The average molecular weight is 275 g/mol. The van der Waals surface area contributed by atoms with Gasteiger partial charge in [0.1, 0.15) is 0 Å². The van der Waals surface area contributed by atoms with Gasteiger partial charge in [-0.3, -0.25) is 4.79 Å². The van der Waals surface area contributed by atoms with Gasteiger partial charge in [0.2, 0.25) is 5.91 Å². The fourth-order valence-electron chi connectivity index (χ4n) is 2.69. The molecule has 2 N–H and O–H groups in total. The third kappa shape index (κ3) is 4.34. The molecule has 2 rings (SSSR count). The Morgan fingerprint density at radius 3 is 2.50 bits per heavy atom. The Bertz CT molecular complexity index is 445. The molecule has 0 aromatic heterocycles. The second-order valence-electron chi connectivity index (χ2n) is 6.35. The molecule has 0 bridgehead atoms. The maximum atomic E-state index is 11.9. The molecule has 1 saturated carbocycles. The van der Waals surface area contributed by atoms with Crippen molar-refractivity contribution >= 4 is 5.91 Å². The number of nitrogens with one attached hydrogen (secondary N) is 1. The van der Waals surface area contributed by atoms with Crippen LogP contribution in [-0.2, 0) is 11.2 Å². The van der Waals surface area contributed by atoms with Crippen LogP contribution in [0.5, 0.6) is 0 Å². The molecule has 0 aliphatic heterocycles. The quantitative estimate of drug-likeness (QED) is 0.887. The normalized spacial score (nSPS) is 26.2. The molecule has 0 saturated heterocycles. The third-order valence-corrected chi connectivity index (χ3v) is 4.30. The minimum Gasteiger partial charge on any atom is -0.388 e. The highest BCUT2D eigenvalue weighted by Gasteiger charge is 2.31. The first kappa shape index (κ1) is 15.0. The zero-order chi connectivity index (χ0) is 14.6. The Hall–Kier alpha value is -1.35. The highest BCUT2D eigenvalue weighted by Crippen LogP contribution is 2.31. The Kier molecular flexibility index (Phi) is 4.81. The molecule has 0 heterocycles. The van der Waals surface area contributed by atoms with Crippen molar-refractivity contribution in [1.82, 2.24) is 5.32 Å². The molecule has 1 aromatic rings. The molecule has 0 spiro atoms. The van der Waals surface area contributed by atoms with Gasteiger partial charge in [0, 0.05) is 6.54 Å². The van der Waals surface area contributed by atoms with Gasteiger partial charge >= 0.3 is 0 Å². The lowest BCUT2D eigenvalue weighted by molar-refractivity contribution is -0.122. The summed E-state index contributed by atoms with van der Waals surface area (Å²) in [6, 6.07) is 7.98. The van der Waals surface area contributed by atoms with Crippen LogP contribution in [0.1, 0.15) is 43.7 Å². The number of aryl methyl sites for hydroxylation is 1. The Morgan fingerprint density at radius 1 is 1.30 bits per heavy atom. The van der Waals surface area contributed by atoms with Crippen LogP contribution in [0.2, 0.25) is 0 Å².